The van der Waals surface area contributed by atoms with Crippen LogP contribution in [-0.2, 0) is 4.74 Å². The number of nitrogens with zero attached hydrogens (tertiary/aromatic N) is 1. The first kappa shape index (κ1) is 12.3. The van der Waals surface area contributed by atoms with Gasteiger partial charge in [0.25, 0.3) is 0 Å². The van der Waals surface area contributed by atoms with Gasteiger partial charge in [-0.15, -0.1) is 0 Å². The third kappa shape index (κ3) is 2.56. The maximum absolute atomic E-state index is 11.5. The lowest BCUT2D eigenvalue weighted by atomic mass is 9.95. The van der Waals surface area contributed by atoms with Crippen molar-refractivity contribution < 1.29 is 9.53 Å². The highest BCUT2D eigenvalue weighted by Gasteiger charge is 2.12. The van der Waals surface area contributed by atoms with E-state index in [0.717, 1.165) is 11.3 Å². The fourth-order valence-corrected chi connectivity index (χ4v) is 1.86. The van der Waals surface area contributed by atoms with Gasteiger partial charge in [0.1, 0.15) is 0 Å². The second-order valence-corrected chi connectivity index (χ2v) is 4.09. The molecular weight excluding hydrogens is 226 g/mol. The molecule has 1 heterocycles. The van der Waals surface area contributed by atoms with Crippen LogP contribution in [0.1, 0.15) is 34.5 Å². The van der Waals surface area contributed by atoms with Gasteiger partial charge >= 0.3 is 5.97 Å². The second kappa shape index (κ2) is 5.45. The minimum absolute atomic E-state index is 0.149. The first-order valence-electron chi connectivity index (χ1n) is 5.81. The van der Waals surface area contributed by atoms with Gasteiger partial charge in [0.05, 0.1) is 12.7 Å². The molecule has 1 aromatic carbocycles. The summed E-state index contributed by atoms with van der Waals surface area (Å²) in [6.45, 7) is 2.07. The number of pyridine rings is 1. The van der Waals surface area contributed by atoms with E-state index in [-0.39, 0.29) is 11.9 Å². The number of aromatic nitrogens is 1. The second-order valence-electron chi connectivity index (χ2n) is 4.09. The zero-order chi connectivity index (χ0) is 13.0. The summed E-state index contributed by atoms with van der Waals surface area (Å²) in [4.78, 5) is 15.8. The molecule has 3 nitrogen and oxygen atoms in total. The Morgan fingerprint density at radius 1 is 1.22 bits per heavy atom. The van der Waals surface area contributed by atoms with Crippen molar-refractivity contribution in [2.24, 2.45) is 0 Å². The maximum atomic E-state index is 11.5. The van der Waals surface area contributed by atoms with Gasteiger partial charge in [-0.3, -0.25) is 4.98 Å². The third-order valence-electron chi connectivity index (χ3n) is 2.94. The summed E-state index contributed by atoms with van der Waals surface area (Å²) in [5.74, 6) is -0.166. The molecule has 1 atom stereocenters. The van der Waals surface area contributed by atoms with Crippen LogP contribution < -0.4 is 0 Å². The first-order chi connectivity index (χ1) is 8.72. The molecule has 0 N–H and O–H groups in total. The zero-order valence-corrected chi connectivity index (χ0v) is 10.5. The molecule has 0 bridgehead atoms. The number of hydrogen-bond donors (Lipinski definition) is 0. The van der Waals surface area contributed by atoms with E-state index in [1.807, 2.05) is 36.4 Å². The predicted molar refractivity (Wildman–Crippen MR) is 69.5 cm³/mol. The number of benzene rings is 1. The van der Waals surface area contributed by atoms with E-state index in [0.29, 0.717) is 5.56 Å². The number of ether oxygens (including phenoxy) is 1. The number of rotatable bonds is 3. The summed E-state index contributed by atoms with van der Waals surface area (Å²) in [5, 5.41) is 0. The van der Waals surface area contributed by atoms with Gasteiger partial charge in [0.2, 0.25) is 0 Å². The molecule has 2 aromatic rings. The Morgan fingerprint density at radius 3 is 2.72 bits per heavy atom. The molecule has 0 fully saturated rings. The van der Waals surface area contributed by atoms with Crippen LogP contribution in [0.5, 0.6) is 0 Å². The normalized spacial score (nSPS) is 11.9. The molecule has 0 aliphatic carbocycles. The maximum Gasteiger partial charge on any atom is 0.337 e. The Labute approximate surface area is 106 Å². The van der Waals surface area contributed by atoms with Gasteiger partial charge in [-0.05, 0) is 29.8 Å². The van der Waals surface area contributed by atoms with E-state index >= 15 is 0 Å². The average molecular weight is 241 g/mol. The van der Waals surface area contributed by atoms with Gasteiger partial charge in [0, 0.05) is 17.8 Å². The molecule has 92 valence electrons. The molecule has 0 saturated carbocycles. The van der Waals surface area contributed by atoms with Crippen molar-refractivity contribution >= 4 is 5.97 Å². The van der Waals surface area contributed by atoms with E-state index in [2.05, 4.69) is 11.9 Å². The topological polar surface area (TPSA) is 39.2 Å². The van der Waals surface area contributed by atoms with E-state index in [9.17, 15) is 4.79 Å². The van der Waals surface area contributed by atoms with Crippen LogP contribution in [0, 0.1) is 0 Å². The highest BCUT2D eigenvalue weighted by molar-refractivity contribution is 5.89. The lowest BCUT2D eigenvalue weighted by molar-refractivity contribution is 0.0600. The van der Waals surface area contributed by atoms with Crippen LogP contribution >= 0.6 is 0 Å². The largest absolute Gasteiger partial charge is 0.465 e. The summed E-state index contributed by atoms with van der Waals surface area (Å²) in [6, 6.07) is 13.3. The number of esters is 1. The number of carbonyl (C=O) groups excluding carboxylic acids is 1. The molecule has 18 heavy (non-hydrogen) atoms. The summed E-state index contributed by atoms with van der Waals surface area (Å²) < 4.78 is 4.72. The van der Waals surface area contributed by atoms with Gasteiger partial charge < -0.3 is 4.74 Å². The Hall–Kier alpha value is -2.16. The van der Waals surface area contributed by atoms with Crippen LogP contribution in [0.3, 0.4) is 0 Å². The SMILES string of the molecule is COC(=O)c1cccc(C(C)c2ccccn2)c1. The molecule has 3 heteroatoms. The van der Waals surface area contributed by atoms with Gasteiger partial charge in [-0.25, -0.2) is 4.79 Å². The summed E-state index contributed by atoms with van der Waals surface area (Å²) in [6.07, 6.45) is 1.77. The summed E-state index contributed by atoms with van der Waals surface area (Å²) >= 11 is 0. The van der Waals surface area contributed by atoms with Gasteiger partial charge in [0.15, 0.2) is 0 Å². The smallest absolute Gasteiger partial charge is 0.337 e. The molecule has 0 aliphatic heterocycles. The van der Waals surface area contributed by atoms with Crippen molar-refractivity contribution in [3.05, 3.63) is 65.5 Å². The summed E-state index contributed by atoms with van der Waals surface area (Å²) in [7, 11) is 1.39. The molecule has 0 saturated heterocycles. The van der Waals surface area contributed by atoms with Crippen LogP contribution in [0.25, 0.3) is 0 Å². The van der Waals surface area contributed by atoms with Crippen molar-refractivity contribution in [1.29, 1.82) is 0 Å². The molecule has 1 unspecified atom stereocenters. The number of hydrogen-bond acceptors (Lipinski definition) is 3. The van der Waals surface area contributed by atoms with Crippen molar-refractivity contribution in [2.45, 2.75) is 12.8 Å². The van der Waals surface area contributed by atoms with E-state index in [1.54, 1.807) is 12.3 Å². The highest BCUT2D eigenvalue weighted by Crippen LogP contribution is 2.23. The average Bonchev–Trinajstić information content (AvgIpc) is 2.46. The fourth-order valence-electron chi connectivity index (χ4n) is 1.86. The van der Waals surface area contributed by atoms with E-state index in [1.165, 1.54) is 7.11 Å². The number of methoxy groups -OCH3 is 1. The van der Waals surface area contributed by atoms with Gasteiger partial charge in [-0.1, -0.05) is 25.1 Å². The van der Waals surface area contributed by atoms with Crippen LogP contribution in [-0.4, -0.2) is 18.1 Å². The Balaban J connectivity index is 2.31. The Morgan fingerprint density at radius 2 is 2.06 bits per heavy atom. The lowest BCUT2D eigenvalue weighted by Crippen LogP contribution is -2.04. The Bertz CT molecular complexity index is 537. The minimum atomic E-state index is -0.315. The quantitative estimate of drug-likeness (QED) is 0.775. The number of carbonyl (C=O) groups is 1. The van der Waals surface area contributed by atoms with Crippen LogP contribution in [0.15, 0.2) is 48.7 Å². The Kier molecular flexibility index (Phi) is 3.72. The zero-order valence-electron chi connectivity index (χ0n) is 10.5. The van der Waals surface area contributed by atoms with Gasteiger partial charge in [-0.2, -0.15) is 0 Å². The summed E-state index contributed by atoms with van der Waals surface area (Å²) in [5.41, 5.74) is 2.61. The predicted octanol–water partition coefficient (Wildman–Crippen LogP) is 3.02. The molecule has 0 aliphatic rings. The van der Waals surface area contributed by atoms with Crippen molar-refractivity contribution in [2.75, 3.05) is 7.11 Å². The minimum Gasteiger partial charge on any atom is -0.465 e. The molecule has 1 aromatic heterocycles. The fraction of sp³-hybridized carbons (Fsp3) is 0.200. The lowest BCUT2D eigenvalue weighted by Gasteiger charge is -2.12. The van der Waals surface area contributed by atoms with Crippen LogP contribution in [0.4, 0.5) is 0 Å². The monoisotopic (exact) mass is 241 g/mol. The first-order valence-corrected chi connectivity index (χ1v) is 5.81. The van der Waals surface area contributed by atoms with Crippen molar-refractivity contribution in [3.63, 3.8) is 0 Å². The van der Waals surface area contributed by atoms with E-state index < -0.39 is 0 Å². The van der Waals surface area contributed by atoms with Crippen LogP contribution in [0.2, 0.25) is 0 Å². The van der Waals surface area contributed by atoms with Crippen molar-refractivity contribution in [1.82, 2.24) is 4.98 Å². The highest BCUT2D eigenvalue weighted by atomic mass is 16.5. The molecular formula is C15H15NO2. The molecule has 0 spiro atoms. The molecule has 2 rings (SSSR count). The standard InChI is InChI=1S/C15H15NO2/c1-11(14-8-3-4-9-16-14)12-6-5-7-13(10-12)15(17)18-2/h3-11H,1-2H3. The third-order valence-corrected chi connectivity index (χ3v) is 2.94. The molecule has 0 radical (unpaired) electrons. The van der Waals surface area contributed by atoms with E-state index in [4.69, 9.17) is 4.74 Å². The molecule has 0 amide bonds. The van der Waals surface area contributed by atoms with Crippen molar-refractivity contribution in [3.8, 4) is 0 Å².